The summed E-state index contributed by atoms with van der Waals surface area (Å²) in [5, 5.41) is 0. The van der Waals surface area contributed by atoms with Gasteiger partial charge in [0.05, 0.1) is 6.04 Å². The minimum Gasteiger partial charge on any atom is -0.332 e. The van der Waals surface area contributed by atoms with E-state index in [1.165, 1.54) is 0 Å². The molecule has 0 aromatic rings. The molecule has 0 radical (unpaired) electrons. The van der Waals surface area contributed by atoms with Crippen molar-refractivity contribution in [3.8, 4) is 0 Å². The van der Waals surface area contributed by atoms with E-state index in [-0.39, 0.29) is 18.4 Å². The second kappa shape index (κ2) is 6.97. The first-order valence-electron chi connectivity index (χ1n) is 6.14. The van der Waals surface area contributed by atoms with Crippen molar-refractivity contribution in [2.75, 3.05) is 13.1 Å². The van der Waals surface area contributed by atoms with E-state index >= 15 is 0 Å². The normalized spacial score (nSPS) is 14.1. The van der Waals surface area contributed by atoms with Crippen LogP contribution in [0.3, 0.4) is 0 Å². The smallest absolute Gasteiger partial charge is 0.332 e. The molecule has 108 valence electrons. The molecule has 1 atom stereocenters. The van der Waals surface area contributed by atoms with E-state index < -0.39 is 24.7 Å². The van der Waals surface area contributed by atoms with Crippen LogP contribution in [0, 0.1) is 11.8 Å². The van der Waals surface area contributed by atoms with Gasteiger partial charge in [-0.3, -0.25) is 4.79 Å². The van der Waals surface area contributed by atoms with Gasteiger partial charge in [-0.15, -0.1) is 0 Å². The Labute approximate surface area is 107 Å². The Balaban J connectivity index is 4.68. The molecule has 0 fully saturated rings. The summed E-state index contributed by atoms with van der Waals surface area (Å²) in [5.74, 6) is -0.465. The molecule has 0 saturated carbocycles. The molecule has 0 saturated heterocycles. The van der Waals surface area contributed by atoms with E-state index in [1.807, 2.05) is 13.8 Å². The van der Waals surface area contributed by atoms with Crippen molar-refractivity contribution < 1.29 is 18.0 Å². The first-order chi connectivity index (χ1) is 8.03. The summed E-state index contributed by atoms with van der Waals surface area (Å²) in [4.78, 5) is 12.7. The zero-order valence-electron chi connectivity index (χ0n) is 11.4. The van der Waals surface area contributed by atoms with E-state index in [4.69, 9.17) is 5.73 Å². The van der Waals surface area contributed by atoms with E-state index in [2.05, 4.69) is 0 Å². The largest absolute Gasteiger partial charge is 0.406 e. The van der Waals surface area contributed by atoms with Crippen molar-refractivity contribution in [1.82, 2.24) is 4.90 Å². The summed E-state index contributed by atoms with van der Waals surface area (Å²) >= 11 is 0. The van der Waals surface area contributed by atoms with Crippen molar-refractivity contribution in [3.05, 3.63) is 0 Å². The molecule has 0 unspecified atom stereocenters. The predicted molar refractivity (Wildman–Crippen MR) is 64.9 cm³/mol. The van der Waals surface area contributed by atoms with Crippen molar-refractivity contribution >= 4 is 5.91 Å². The van der Waals surface area contributed by atoms with Gasteiger partial charge in [-0.2, -0.15) is 13.2 Å². The maximum Gasteiger partial charge on any atom is 0.406 e. The van der Waals surface area contributed by atoms with Crippen LogP contribution >= 0.6 is 0 Å². The number of alkyl halides is 3. The third-order valence-corrected chi connectivity index (χ3v) is 2.31. The van der Waals surface area contributed by atoms with E-state index in [0.717, 1.165) is 4.90 Å². The van der Waals surface area contributed by atoms with E-state index in [0.29, 0.717) is 6.42 Å². The van der Waals surface area contributed by atoms with Gasteiger partial charge in [-0.25, -0.2) is 0 Å². The quantitative estimate of drug-likeness (QED) is 0.804. The van der Waals surface area contributed by atoms with Gasteiger partial charge in [0.15, 0.2) is 0 Å². The highest BCUT2D eigenvalue weighted by Crippen LogP contribution is 2.18. The molecule has 3 nitrogen and oxygen atoms in total. The Kier molecular flexibility index (Phi) is 6.67. The Hall–Kier alpha value is -0.780. The molecule has 18 heavy (non-hydrogen) atoms. The minimum absolute atomic E-state index is 0.0254. The summed E-state index contributed by atoms with van der Waals surface area (Å²) in [7, 11) is 0. The van der Waals surface area contributed by atoms with Crippen molar-refractivity contribution in [2.24, 2.45) is 17.6 Å². The molecule has 1 amide bonds. The third-order valence-electron chi connectivity index (χ3n) is 2.31. The lowest BCUT2D eigenvalue weighted by atomic mass is 10.0. The minimum atomic E-state index is -4.39. The van der Waals surface area contributed by atoms with Crippen molar-refractivity contribution in [3.63, 3.8) is 0 Å². The van der Waals surface area contributed by atoms with Crippen LogP contribution < -0.4 is 5.73 Å². The maximum absolute atomic E-state index is 12.4. The van der Waals surface area contributed by atoms with Gasteiger partial charge in [-0.05, 0) is 18.3 Å². The van der Waals surface area contributed by atoms with Gasteiger partial charge in [0, 0.05) is 6.54 Å². The maximum atomic E-state index is 12.4. The monoisotopic (exact) mass is 268 g/mol. The highest BCUT2D eigenvalue weighted by Gasteiger charge is 2.34. The van der Waals surface area contributed by atoms with Crippen LogP contribution in [0.5, 0.6) is 0 Å². The molecule has 0 aliphatic rings. The molecule has 0 aromatic heterocycles. The lowest BCUT2D eigenvalue weighted by Gasteiger charge is -2.28. The molecule has 0 rings (SSSR count). The van der Waals surface area contributed by atoms with Gasteiger partial charge in [0.2, 0.25) is 5.91 Å². The van der Waals surface area contributed by atoms with Crippen LogP contribution in [0.4, 0.5) is 13.2 Å². The summed E-state index contributed by atoms with van der Waals surface area (Å²) in [6.07, 6.45) is -3.99. The van der Waals surface area contributed by atoms with Crippen molar-refractivity contribution in [2.45, 2.75) is 46.3 Å². The van der Waals surface area contributed by atoms with Crippen LogP contribution in [0.2, 0.25) is 0 Å². The molecule has 0 bridgehead atoms. The molecule has 0 aliphatic heterocycles. The fourth-order valence-electron chi connectivity index (χ4n) is 1.73. The van der Waals surface area contributed by atoms with Crippen LogP contribution in [0.1, 0.15) is 34.1 Å². The number of carbonyl (C=O) groups is 1. The van der Waals surface area contributed by atoms with Gasteiger partial charge < -0.3 is 10.6 Å². The van der Waals surface area contributed by atoms with Crippen LogP contribution in [-0.4, -0.2) is 36.1 Å². The fraction of sp³-hybridized carbons (Fsp3) is 0.917. The first kappa shape index (κ1) is 17.2. The number of hydrogen-bond donors (Lipinski definition) is 1. The molecule has 0 spiro atoms. The molecular formula is C12H23F3N2O. The van der Waals surface area contributed by atoms with E-state index in [9.17, 15) is 18.0 Å². The Morgan fingerprint density at radius 2 is 1.67 bits per heavy atom. The summed E-state index contributed by atoms with van der Waals surface area (Å²) in [6.45, 7) is 6.14. The molecule has 2 N–H and O–H groups in total. The SMILES string of the molecule is CC(C)C[C@H](N)C(=O)N(CC(C)C)CC(F)(F)F. The van der Waals surface area contributed by atoms with Crippen molar-refractivity contribution in [1.29, 1.82) is 0 Å². The Morgan fingerprint density at radius 3 is 2.00 bits per heavy atom. The van der Waals surface area contributed by atoms with Crippen LogP contribution in [0.15, 0.2) is 0 Å². The van der Waals surface area contributed by atoms with Crippen LogP contribution in [0.25, 0.3) is 0 Å². The number of nitrogens with zero attached hydrogens (tertiary/aromatic N) is 1. The summed E-state index contributed by atoms with van der Waals surface area (Å²) < 4.78 is 37.2. The zero-order valence-corrected chi connectivity index (χ0v) is 11.4. The van der Waals surface area contributed by atoms with E-state index in [1.54, 1.807) is 13.8 Å². The average molecular weight is 268 g/mol. The fourth-order valence-corrected chi connectivity index (χ4v) is 1.73. The standard InChI is InChI=1S/C12H23F3N2O/c1-8(2)5-10(16)11(18)17(6-9(3)4)7-12(13,14)15/h8-10H,5-7,16H2,1-4H3/t10-/m0/s1. The van der Waals surface area contributed by atoms with Gasteiger partial charge in [-0.1, -0.05) is 27.7 Å². The predicted octanol–water partition coefficient (Wildman–Crippen LogP) is 2.41. The third kappa shape index (κ3) is 7.53. The highest BCUT2D eigenvalue weighted by atomic mass is 19.4. The molecular weight excluding hydrogens is 245 g/mol. The van der Waals surface area contributed by atoms with Gasteiger partial charge in [0.25, 0.3) is 0 Å². The topological polar surface area (TPSA) is 46.3 Å². The summed E-state index contributed by atoms with van der Waals surface area (Å²) in [6, 6.07) is -0.855. The lowest BCUT2D eigenvalue weighted by molar-refractivity contribution is -0.163. The molecule has 6 heteroatoms. The Morgan fingerprint density at radius 1 is 1.17 bits per heavy atom. The molecule has 0 heterocycles. The Bertz CT molecular complexity index is 265. The van der Waals surface area contributed by atoms with Crippen LogP contribution in [-0.2, 0) is 4.79 Å². The number of halogens is 3. The number of amides is 1. The van der Waals surface area contributed by atoms with Gasteiger partial charge >= 0.3 is 6.18 Å². The molecule has 0 aliphatic carbocycles. The van der Waals surface area contributed by atoms with Gasteiger partial charge in [0.1, 0.15) is 6.54 Å². The second-order valence-electron chi connectivity index (χ2n) is 5.46. The summed E-state index contributed by atoms with van der Waals surface area (Å²) in [5.41, 5.74) is 5.66. The first-order valence-corrected chi connectivity index (χ1v) is 6.14. The molecule has 0 aromatic carbocycles. The lowest BCUT2D eigenvalue weighted by Crippen LogP contribution is -2.49. The zero-order chi connectivity index (χ0) is 14.5. The number of nitrogens with two attached hydrogens (primary N) is 1. The number of rotatable bonds is 6. The highest BCUT2D eigenvalue weighted by molar-refractivity contribution is 5.81. The second-order valence-corrected chi connectivity index (χ2v) is 5.46. The number of carbonyl (C=O) groups excluding carboxylic acids is 1. The average Bonchev–Trinajstić information content (AvgIpc) is 2.11. The number of hydrogen-bond acceptors (Lipinski definition) is 2.